The maximum atomic E-state index is 12.1. The highest BCUT2D eigenvalue weighted by atomic mass is 16.5. The number of carbonyl (C=O) groups is 1. The van der Waals surface area contributed by atoms with Crippen LogP contribution in [-0.2, 0) is 16.0 Å². The van der Waals surface area contributed by atoms with Crippen molar-refractivity contribution in [2.24, 2.45) is 10.9 Å². The average molecular weight is 438 g/mol. The third-order valence-corrected chi connectivity index (χ3v) is 5.53. The molecule has 3 rings (SSSR count). The smallest absolute Gasteiger partial charge is 0.310 e. The molecule has 1 fully saturated rings. The molecule has 9 heteroatoms. The van der Waals surface area contributed by atoms with E-state index in [-0.39, 0.29) is 11.9 Å². The Morgan fingerprint density at radius 3 is 2.88 bits per heavy atom. The van der Waals surface area contributed by atoms with E-state index in [4.69, 9.17) is 10.5 Å². The lowest BCUT2D eigenvalue weighted by Crippen LogP contribution is -2.48. The summed E-state index contributed by atoms with van der Waals surface area (Å²) in [7, 11) is 1.74. The van der Waals surface area contributed by atoms with E-state index >= 15 is 0 Å². The van der Waals surface area contributed by atoms with Gasteiger partial charge in [-0.2, -0.15) is 10.4 Å². The number of piperidine rings is 1. The van der Waals surface area contributed by atoms with Gasteiger partial charge in [-0.1, -0.05) is 18.2 Å². The van der Waals surface area contributed by atoms with Crippen LogP contribution in [0.15, 0.2) is 35.3 Å². The number of aromatic nitrogens is 2. The van der Waals surface area contributed by atoms with Crippen molar-refractivity contribution in [2.75, 3.05) is 39.0 Å². The fourth-order valence-corrected chi connectivity index (χ4v) is 3.95. The lowest BCUT2D eigenvalue weighted by molar-refractivity contribution is -0.149. The molecular formula is C23H31N7O2. The summed E-state index contributed by atoms with van der Waals surface area (Å²) in [6.07, 6.45) is 3.14. The van der Waals surface area contributed by atoms with Crippen LogP contribution in [0.4, 0.5) is 5.82 Å². The van der Waals surface area contributed by atoms with Crippen LogP contribution in [-0.4, -0.2) is 59.9 Å². The molecule has 2 heterocycles. The standard InChI is InChI=1S/C23H31N7O2/c1-3-32-22(31)17-9-8-14-29(16-17)23(26-2)27-13-7-12-20-19(15-24)21(25)30(28-20)18-10-5-4-6-11-18/h4-6,10-11,17H,3,7-9,12-14,16,25H2,1-2H3,(H,26,27). The molecule has 3 N–H and O–H groups in total. The molecule has 0 spiro atoms. The third kappa shape index (κ3) is 5.38. The molecule has 0 radical (unpaired) electrons. The lowest BCUT2D eigenvalue weighted by Gasteiger charge is -2.33. The average Bonchev–Trinajstić information content (AvgIpc) is 3.15. The predicted octanol–water partition coefficient (Wildman–Crippen LogP) is 2.11. The van der Waals surface area contributed by atoms with Gasteiger partial charge in [-0.3, -0.25) is 9.79 Å². The molecule has 9 nitrogen and oxygen atoms in total. The van der Waals surface area contributed by atoms with E-state index in [1.165, 1.54) is 0 Å². The zero-order valence-corrected chi connectivity index (χ0v) is 18.8. The monoisotopic (exact) mass is 437 g/mol. The molecule has 0 aliphatic carbocycles. The third-order valence-electron chi connectivity index (χ3n) is 5.53. The molecule has 1 aromatic heterocycles. The van der Waals surface area contributed by atoms with Crippen LogP contribution in [0.25, 0.3) is 5.69 Å². The number of benzene rings is 1. The van der Waals surface area contributed by atoms with Gasteiger partial charge in [0.1, 0.15) is 17.5 Å². The number of hydrogen-bond acceptors (Lipinski definition) is 6. The SMILES string of the molecule is CCOC(=O)C1CCCN(C(=NC)NCCCc2nn(-c3ccccc3)c(N)c2C#N)C1. The van der Waals surface area contributed by atoms with E-state index < -0.39 is 0 Å². The van der Waals surface area contributed by atoms with E-state index in [2.05, 4.69) is 26.4 Å². The van der Waals surface area contributed by atoms with Crippen LogP contribution in [0.2, 0.25) is 0 Å². The van der Waals surface area contributed by atoms with Gasteiger partial charge < -0.3 is 20.7 Å². The number of nitrogens with one attached hydrogen (secondary N) is 1. The summed E-state index contributed by atoms with van der Waals surface area (Å²) in [4.78, 5) is 18.6. The Balaban J connectivity index is 1.56. The van der Waals surface area contributed by atoms with E-state index in [1.807, 2.05) is 37.3 Å². The van der Waals surface area contributed by atoms with E-state index in [0.29, 0.717) is 43.2 Å². The van der Waals surface area contributed by atoms with Crippen molar-refractivity contribution < 1.29 is 9.53 Å². The number of aliphatic imine (C=N–C) groups is 1. The Morgan fingerprint density at radius 2 is 2.19 bits per heavy atom. The van der Waals surface area contributed by atoms with E-state index in [0.717, 1.165) is 37.5 Å². The Kier molecular flexibility index (Phi) is 8.08. The minimum absolute atomic E-state index is 0.120. The molecule has 1 aromatic carbocycles. The van der Waals surface area contributed by atoms with Gasteiger partial charge in [-0.15, -0.1) is 0 Å². The molecule has 32 heavy (non-hydrogen) atoms. The van der Waals surface area contributed by atoms with Gasteiger partial charge in [0.2, 0.25) is 0 Å². The van der Waals surface area contributed by atoms with Crippen LogP contribution in [0.5, 0.6) is 0 Å². The van der Waals surface area contributed by atoms with Crippen LogP contribution in [0.3, 0.4) is 0 Å². The Morgan fingerprint density at radius 1 is 1.41 bits per heavy atom. The number of guanidine groups is 1. The van der Waals surface area contributed by atoms with Gasteiger partial charge in [0.15, 0.2) is 5.96 Å². The van der Waals surface area contributed by atoms with Gasteiger partial charge in [-0.05, 0) is 44.7 Å². The largest absolute Gasteiger partial charge is 0.466 e. The lowest BCUT2D eigenvalue weighted by atomic mass is 9.98. The number of nitrogens with zero attached hydrogens (tertiary/aromatic N) is 5. The first-order chi connectivity index (χ1) is 15.6. The maximum absolute atomic E-state index is 12.1. The van der Waals surface area contributed by atoms with Crippen molar-refractivity contribution >= 4 is 17.7 Å². The topological polar surface area (TPSA) is 122 Å². The van der Waals surface area contributed by atoms with Crippen molar-refractivity contribution in [3.63, 3.8) is 0 Å². The van der Waals surface area contributed by atoms with Crippen molar-refractivity contribution in [2.45, 2.75) is 32.6 Å². The first-order valence-corrected chi connectivity index (χ1v) is 11.0. The van der Waals surface area contributed by atoms with Crippen molar-refractivity contribution in [3.05, 3.63) is 41.6 Å². The number of nitrogen functional groups attached to an aromatic ring is 1. The second-order valence-electron chi connectivity index (χ2n) is 7.68. The minimum atomic E-state index is -0.136. The maximum Gasteiger partial charge on any atom is 0.310 e. The Bertz CT molecular complexity index is 978. The number of nitriles is 1. The van der Waals surface area contributed by atoms with Gasteiger partial charge in [0.05, 0.1) is 23.9 Å². The number of ether oxygens (including phenoxy) is 1. The van der Waals surface area contributed by atoms with Crippen molar-refractivity contribution in [3.8, 4) is 11.8 Å². The number of hydrogen-bond donors (Lipinski definition) is 2. The molecule has 170 valence electrons. The Hall–Kier alpha value is -3.54. The van der Waals surface area contributed by atoms with Gasteiger partial charge in [0, 0.05) is 26.7 Å². The second-order valence-corrected chi connectivity index (χ2v) is 7.68. The highest BCUT2D eigenvalue weighted by Gasteiger charge is 2.28. The summed E-state index contributed by atoms with van der Waals surface area (Å²) in [5.74, 6) is 0.873. The minimum Gasteiger partial charge on any atom is -0.466 e. The van der Waals surface area contributed by atoms with Crippen LogP contribution in [0.1, 0.15) is 37.4 Å². The number of likely N-dealkylation sites (tertiary alicyclic amines) is 1. The predicted molar refractivity (Wildman–Crippen MR) is 123 cm³/mol. The van der Waals surface area contributed by atoms with Crippen molar-refractivity contribution in [1.29, 1.82) is 5.26 Å². The van der Waals surface area contributed by atoms with Gasteiger partial charge in [-0.25, -0.2) is 4.68 Å². The quantitative estimate of drug-likeness (QED) is 0.294. The van der Waals surface area contributed by atoms with E-state index in [1.54, 1.807) is 11.7 Å². The van der Waals surface area contributed by atoms with Crippen LogP contribution in [0, 0.1) is 17.2 Å². The van der Waals surface area contributed by atoms with E-state index in [9.17, 15) is 10.1 Å². The summed E-state index contributed by atoms with van der Waals surface area (Å²) in [6.45, 7) is 4.35. The molecule has 1 saturated heterocycles. The second kappa shape index (κ2) is 11.2. The van der Waals surface area contributed by atoms with Gasteiger partial charge >= 0.3 is 5.97 Å². The molecular weight excluding hydrogens is 406 g/mol. The highest BCUT2D eigenvalue weighted by Crippen LogP contribution is 2.21. The molecule has 1 aliphatic rings. The number of anilines is 1. The number of esters is 1. The Labute approximate surface area is 188 Å². The van der Waals surface area contributed by atoms with Gasteiger partial charge in [0.25, 0.3) is 0 Å². The summed E-state index contributed by atoms with van der Waals surface area (Å²) < 4.78 is 6.80. The first-order valence-electron chi connectivity index (χ1n) is 11.0. The molecule has 0 bridgehead atoms. The fraction of sp³-hybridized carbons (Fsp3) is 0.478. The summed E-state index contributed by atoms with van der Waals surface area (Å²) in [6, 6.07) is 11.7. The normalized spacial score (nSPS) is 16.5. The molecule has 1 aliphatic heterocycles. The summed E-state index contributed by atoms with van der Waals surface area (Å²) in [5, 5.41) is 17.5. The van der Waals surface area contributed by atoms with Crippen molar-refractivity contribution in [1.82, 2.24) is 20.0 Å². The summed E-state index contributed by atoms with van der Waals surface area (Å²) in [5.41, 5.74) is 8.11. The number of para-hydroxylation sites is 1. The highest BCUT2D eigenvalue weighted by molar-refractivity contribution is 5.81. The molecule has 0 amide bonds. The first kappa shape index (κ1) is 23.1. The number of aryl methyl sites for hydroxylation is 1. The molecule has 1 unspecified atom stereocenters. The summed E-state index contributed by atoms with van der Waals surface area (Å²) >= 11 is 0. The van der Waals surface area contributed by atoms with Crippen LogP contribution < -0.4 is 11.1 Å². The number of carbonyl (C=O) groups excluding carboxylic acids is 1. The zero-order chi connectivity index (χ0) is 22.9. The fourth-order valence-electron chi connectivity index (χ4n) is 3.95. The number of nitrogens with two attached hydrogens (primary N) is 1. The zero-order valence-electron chi connectivity index (χ0n) is 18.8. The molecule has 0 saturated carbocycles. The van der Waals surface area contributed by atoms with Crippen LogP contribution >= 0.6 is 0 Å². The number of rotatable bonds is 7. The molecule has 2 aromatic rings. The molecule has 1 atom stereocenters.